The molecule has 0 spiro atoms. The molecule has 0 radical (unpaired) electrons. The minimum Gasteiger partial charge on any atom is -0.353 e. The highest BCUT2D eigenvalue weighted by Crippen LogP contribution is 2.27. The highest BCUT2D eigenvalue weighted by Gasteiger charge is 2.10. The minimum absolute atomic E-state index is 0.0864. The summed E-state index contributed by atoms with van der Waals surface area (Å²) in [5, 5.41) is 2.04. The second-order valence-electron chi connectivity index (χ2n) is 3.83. The van der Waals surface area contributed by atoms with E-state index < -0.39 is 0 Å². The molecule has 2 aromatic heterocycles. The predicted molar refractivity (Wildman–Crippen MR) is 63.6 cm³/mol. The quantitative estimate of drug-likeness (QED) is 0.627. The van der Waals surface area contributed by atoms with Gasteiger partial charge in [0.1, 0.15) is 0 Å². The summed E-state index contributed by atoms with van der Waals surface area (Å²) in [6.07, 6.45) is 3.52. The fraction of sp³-hybridized carbons (Fsp3) is 0.0769. The maximum Gasteiger partial charge on any atom is 0.160 e. The summed E-state index contributed by atoms with van der Waals surface area (Å²) >= 11 is 0. The zero-order chi connectivity index (χ0) is 11.1. The standard InChI is InChI=1S/C13H10N2O/c1-8(16)9-3-2-4-11-13(9)10-5-6-14-7-12(10)15-11/h2-7,15H,1H3. The lowest BCUT2D eigenvalue weighted by atomic mass is 10.0. The second-order valence-corrected chi connectivity index (χ2v) is 3.83. The van der Waals surface area contributed by atoms with Crippen LogP contribution in [0.15, 0.2) is 36.7 Å². The highest BCUT2D eigenvalue weighted by molar-refractivity contribution is 6.17. The lowest BCUT2D eigenvalue weighted by molar-refractivity contribution is 0.101. The van der Waals surface area contributed by atoms with Crippen molar-refractivity contribution in [2.45, 2.75) is 6.92 Å². The summed E-state index contributed by atoms with van der Waals surface area (Å²) in [6.45, 7) is 1.59. The van der Waals surface area contributed by atoms with Crippen LogP contribution in [-0.2, 0) is 0 Å². The van der Waals surface area contributed by atoms with Crippen molar-refractivity contribution in [1.29, 1.82) is 0 Å². The van der Waals surface area contributed by atoms with Gasteiger partial charge >= 0.3 is 0 Å². The number of H-pyrrole nitrogens is 1. The van der Waals surface area contributed by atoms with Gasteiger partial charge in [-0.15, -0.1) is 0 Å². The van der Waals surface area contributed by atoms with E-state index in [1.807, 2.05) is 24.3 Å². The smallest absolute Gasteiger partial charge is 0.160 e. The molecule has 0 atom stereocenters. The van der Waals surface area contributed by atoms with Gasteiger partial charge in [-0.1, -0.05) is 12.1 Å². The summed E-state index contributed by atoms with van der Waals surface area (Å²) in [4.78, 5) is 18.9. The second kappa shape index (κ2) is 3.17. The van der Waals surface area contributed by atoms with Gasteiger partial charge in [-0.3, -0.25) is 9.78 Å². The van der Waals surface area contributed by atoms with Gasteiger partial charge in [-0.05, 0) is 19.1 Å². The molecule has 0 saturated heterocycles. The van der Waals surface area contributed by atoms with Gasteiger partial charge in [-0.2, -0.15) is 0 Å². The molecule has 1 N–H and O–H groups in total. The van der Waals surface area contributed by atoms with Crippen molar-refractivity contribution in [1.82, 2.24) is 9.97 Å². The van der Waals surface area contributed by atoms with Gasteiger partial charge in [0.25, 0.3) is 0 Å². The molecule has 0 bridgehead atoms. The Bertz CT molecular complexity index is 697. The highest BCUT2D eigenvalue weighted by atomic mass is 16.1. The molecule has 78 valence electrons. The van der Waals surface area contributed by atoms with E-state index in [2.05, 4.69) is 9.97 Å². The van der Waals surface area contributed by atoms with Crippen LogP contribution in [0.4, 0.5) is 0 Å². The van der Waals surface area contributed by atoms with E-state index in [-0.39, 0.29) is 5.78 Å². The first kappa shape index (κ1) is 9.09. The van der Waals surface area contributed by atoms with Crippen LogP contribution < -0.4 is 0 Å². The Labute approximate surface area is 92.1 Å². The Kier molecular flexibility index (Phi) is 1.80. The number of fused-ring (bicyclic) bond motifs is 3. The third-order valence-electron chi connectivity index (χ3n) is 2.80. The van der Waals surface area contributed by atoms with Crippen molar-refractivity contribution in [2.75, 3.05) is 0 Å². The number of hydrogen-bond donors (Lipinski definition) is 1. The van der Waals surface area contributed by atoms with Crippen LogP contribution in [0, 0.1) is 0 Å². The van der Waals surface area contributed by atoms with Crippen molar-refractivity contribution in [3.63, 3.8) is 0 Å². The molecule has 0 aliphatic carbocycles. The van der Waals surface area contributed by atoms with Gasteiger partial charge < -0.3 is 4.98 Å². The number of pyridine rings is 1. The van der Waals surface area contributed by atoms with Crippen molar-refractivity contribution in [2.24, 2.45) is 0 Å². The molecule has 0 amide bonds. The van der Waals surface area contributed by atoms with Crippen molar-refractivity contribution in [3.05, 3.63) is 42.2 Å². The number of carbonyl (C=O) groups is 1. The predicted octanol–water partition coefficient (Wildman–Crippen LogP) is 2.92. The summed E-state index contributed by atoms with van der Waals surface area (Å²) in [5.41, 5.74) is 2.71. The normalized spacial score (nSPS) is 11.1. The number of aromatic amines is 1. The van der Waals surface area contributed by atoms with E-state index in [0.717, 1.165) is 27.4 Å². The Hall–Kier alpha value is -2.16. The third kappa shape index (κ3) is 1.15. The number of rotatable bonds is 1. The lowest BCUT2D eigenvalue weighted by Crippen LogP contribution is -1.91. The lowest BCUT2D eigenvalue weighted by Gasteiger charge is -1.98. The van der Waals surface area contributed by atoms with Crippen molar-refractivity contribution >= 4 is 27.6 Å². The zero-order valence-electron chi connectivity index (χ0n) is 8.82. The number of Topliss-reactive ketones (excluding diaryl/α,β-unsaturated/α-hetero) is 1. The van der Waals surface area contributed by atoms with Crippen molar-refractivity contribution < 1.29 is 4.79 Å². The number of aromatic nitrogens is 2. The number of carbonyl (C=O) groups excluding carboxylic acids is 1. The van der Waals surface area contributed by atoms with Crippen LogP contribution in [0.1, 0.15) is 17.3 Å². The molecular formula is C13H10N2O. The molecule has 3 nitrogen and oxygen atoms in total. The monoisotopic (exact) mass is 210 g/mol. The molecular weight excluding hydrogens is 200 g/mol. The summed E-state index contributed by atoms with van der Waals surface area (Å²) < 4.78 is 0. The van der Waals surface area contributed by atoms with E-state index >= 15 is 0 Å². The molecule has 1 aromatic carbocycles. The number of benzene rings is 1. The number of hydrogen-bond acceptors (Lipinski definition) is 2. The first-order valence-electron chi connectivity index (χ1n) is 5.13. The van der Waals surface area contributed by atoms with E-state index in [1.54, 1.807) is 19.3 Å². The van der Waals surface area contributed by atoms with Crippen LogP contribution in [0.25, 0.3) is 21.8 Å². The summed E-state index contributed by atoms with van der Waals surface area (Å²) in [5.74, 6) is 0.0864. The van der Waals surface area contributed by atoms with Crippen LogP contribution in [0.5, 0.6) is 0 Å². The van der Waals surface area contributed by atoms with Crippen LogP contribution in [-0.4, -0.2) is 15.8 Å². The molecule has 0 aliphatic heterocycles. The van der Waals surface area contributed by atoms with Crippen molar-refractivity contribution in [3.8, 4) is 0 Å². The molecule has 0 fully saturated rings. The fourth-order valence-electron chi connectivity index (χ4n) is 2.10. The topological polar surface area (TPSA) is 45.8 Å². The Balaban J connectivity index is 2.57. The number of ketones is 1. The van der Waals surface area contributed by atoms with Crippen LogP contribution in [0.3, 0.4) is 0 Å². The molecule has 0 saturated carbocycles. The largest absolute Gasteiger partial charge is 0.353 e. The molecule has 0 unspecified atom stereocenters. The van der Waals surface area contributed by atoms with Gasteiger partial charge in [0.05, 0.1) is 11.7 Å². The van der Waals surface area contributed by atoms with E-state index in [4.69, 9.17) is 0 Å². The average molecular weight is 210 g/mol. The van der Waals surface area contributed by atoms with Gasteiger partial charge in [0, 0.05) is 28.0 Å². The SMILES string of the molecule is CC(=O)c1cccc2[nH]c3cnccc3c12. The molecule has 2 heterocycles. The number of nitrogens with one attached hydrogen (secondary N) is 1. The molecule has 3 rings (SSSR count). The van der Waals surface area contributed by atoms with Crippen LogP contribution >= 0.6 is 0 Å². The first-order chi connectivity index (χ1) is 7.77. The Morgan fingerprint density at radius 3 is 2.94 bits per heavy atom. The summed E-state index contributed by atoms with van der Waals surface area (Å²) in [6, 6.07) is 7.66. The van der Waals surface area contributed by atoms with Crippen LogP contribution in [0.2, 0.25) is 0 Å². The van der Waals surface area contributed by atoms with E-state index in [9.17, 15) is 4.79 Å². The van der Waals surface area contributed by atoms with Gasteiger partial charge in [-0.25, -0.2) is 0 Å². The molecule has 16 heavy (non-hydrogen) atoms. The zero-order valence-corrected chi connectivity index (χ0v) is 8.82. The third-order valence-corrected chi connectivity index (χ3v) is 2.80. The summed E-state index contributed by atoms with van der Waals surface area (Å²) in [7, 11) is 0. The number of nitrogens with zero attached hydrogens (tertiary/aromatic N) is 1. The Morgan fingerprint density at radius 2 is 2.12 bits per heavy atom. The van der Waals surface area contributed by atoms with E-state index in [1.165, 1.54) is 0 Å². The molecule has 0 aliphatic rings. The molecule has 3 heteroatoms. The van der Waals surface area contributed by atoms with Gasteiger partial charge in [0.2, 0.25) is 0 Å². The maximum absolute atomic E-state index is 11.6. The van der Waals surface area contributed by atoms with Gasteiger partial charge in [0.15, 0.2) is 5.78 Å². The fourth-order valence-corrected chi connectivity index (χ4v) is 2.10. The van der Waals surface area contributed by atoms with E-state index in [0.29, 0.717) is 0 Å². The average Bonchev–Trinajstić information content (AvgIpc) is 2.66. The Morgan fingerprint density at radius 1 is 1.25 bits per heavy atom. The first-order valence-corrected chi connectivity index (χ1v) is 5.13. The molecule has 3 aromatic rings. The minimum atomic E-state index is 0.0864. The maximum atomic E-state index is 11.6.